The highest BCUT2D eigenvalue weighted by Crippen LogP contribution is 2.34. The van der Waals surface area contributed by atoms with E-state index < -0.39 is 29.1 Å². The van der Waals surface area contributed by atoms with Crippen LogP contribution in [-0.2, 0) is 11.0 Å². The van der Waals surface area contributed by atoms with Gasteiger partial charge in [-0.1, -0.05) is 39.0 Å². The molecule has 2 fully saturated rings. The Kier molecular flexibility index (Phi) is 6.19. The minimum atomic E-state index is -4.53. The van der Waals surface area contributed by atoms with Gasteiger partial charge < -0.3 is 20.1 Å². The van der Waals surface area contributed by atoms with Crippen molar-refractivity contribution in [2.75, 3.05) is 13.1 Å². The smallest absolute Gasteiger partial charge is 0.351 e. The molecule has 3 atom stereocenters. The van der Waals surface area contributed by atoms with Crippen molar-refractivity contribution in [2.24, 2.45) is 5.41 Å². The maximum Gasteiger partial charge on any atom is 0.417 e. The van der Waals surface area contributed by atoms with E-state index in [0.29, 0.717) is 18.3 Å². The van der Waals surface area contributed by atoms with Crippen LogP contribution in [0.5, 0.6) is 0 Å². The summed E-state index contributed by atoms with van der Waals surface area (Å²) in [5.74, 6) is -1.07. The second kappa shape index (κ2) is 9.14. The van der Waals surface area contributed by atoms with Crippen LogP contribution in [-0.4, -0.2) is 68.7 Å². The highest BCUT2D eigenvalue weighted by atomic mass is 19.4. The van der Waals surface area contributed by atoms with Crippen LogP contribution in [0.15, 0.2) is 48.7 Å². The number of halogens is 3. The molecule has 11 heteroatoms. The number of nitrogens with zero attached hydrogens (tertiary/aromatic N) is 3. The highest BCUT2D eigenvalue weighted by molar-refractivity contribution is 6.00. The van der Waals surface area contributed by atoms with Crippen molar-refractivity contribution in [3.63, 3.8) is 0 Å². The minimum absolute atomic E-state index is 0.0680. The number of hydrogen-bond acceptors (Lipinski definition) is 4. The third-order valence-electron chi connectivity index (χ3n) is 7.26. The molecule has 200 valence electrons. The Morgan fingerprint density at radius 2 is 1.71 bits per heavy atom. The van der Waals surface area contributed by atoms with E-state index in [9.17, 15) is 27.6 Å². The molecule has 2 bridgehead atoms. The van der Waals surface area contributed by atoms with E-state index in [-0.39, 0.29) is 42.7 Å². The molecule has 0 aliphatic carbocycles. The zero-order chi connectivity index (χ0) is 27.4. The van der Waals surface area contributed by atoms with Crippen molar-refractivity contribution in [3.8, 4) is 0 Å². The molecule has 8 nitrogen and oxygen atoms in total. The number of amides is 3. The van der Waals surface area contributed by atoms with Crippen molar-refractivity contribution in [1.29, 1.82) is 0 Å². The summed E-state index contributed by atoms with van der Waals surface area (Å²) in [7, 11) is 0. The fourth-order valence-electron chi connectivity index (χ4n) is 5.24. The molecule has 1 aromatic carbocycles. The number of alkyl halides is 3. The lowest BCUT2D eigenvalue weighted by Gasteiger charge is -2.39. The standard InChI is InChI=1S/C27H28F3N5O3/c1-26(2,3)22(33-23(36)21-10-15-6-4-5-7-19(15)32-21)25(38)35-14-17-11-18(35)13-34(17)24(37)20-9-8-16(12-31-20)27(28,29)30/h4-10,12,17-18,22,32H,11,13-14H2,1-3H3,(H,33,36)/t17-,18-,22+/m0/s1. The van der Waals surface area contributed by atoms with Crippen molar-refractivity contribution >= 4 is 28.6 Å². The molecule has 4 heterocycles. The van der Waals surface area contributed by atoms with E-state index in [4.69, 9.17) is 0 Å². The predicted molar refractivity (Wildman–Crippen MR) is 133 cm³/mol. The number of benzene rings is 1. The van der Waals surface area contributed by atoms with Crippen LogP contribution in [0.4, 0.5) is 13.2 Å². The Balaban J connectivity index is 1.27. The Hall–Kier alpha value is -3.89. The van der Waals surface area contributed by atoms with Crippen LogP contribution < -0.4 is 5.32 Å². The van der Waals surface area contributed by atoms with E-state index >= 15 is 0 Å². The van der Waals surface area contributed by atoms with Crippen LogP contribution in [0.2, 0.25) is 0 Å². The van der Waals surface area contributed by atoms with E-state index in [1.54, 1.807) is 15.9 Å². The highest BCUT2D eigenvalue weighted by Gasteiger charge is 2.50. The molecule has 0 saturated carbocycles. The third-order valence-corrected chi connectivity index (χ3v) is 7.26. The molecule has 2 N–H and O–H groups in total. The number of aromatic nitrogens is 2. The van der Waals surface area contributed by atoms with Gasteiger partial charge >= 0.3 is 6.18 Å². The largest absolute Gasteiger partial charge is 0.417 e. The summed E-state index contributed by atoms with van der Waals surface area (Å²) >= 11 is 0. The van der Waals surface area contributed by atoms with E-state index in [2.05, 4.69) is 15.3 Å². The maximum atomic E-state index is 13.7. The zero-order valence-corrected chi connectivity index (χ0v) is 21.2. The number of pyridine rings is 1. The van der Waals surface area contributed by atoms with Crippen molar-refractivity contribution in [3.05, 3.63) is 65.6 Å². The van der Waals surface area contributed by atoms with Crippen LogP contribution in [0.25, 0.3) is 10.9 Å². The fourth-order valence-corrected chi connectivity index (χ4v) is 5.24. The van der Waals surface area contributed by atoms with Gasteiger partial charge in [0.25, 0.3) is 11.8 Å². The van der Waals surface area contributed by atoms with Gasteiger partial charge in [-0.05, 0) is 36.1 Å². The SMILES string of the molecule is CC(C)(C)[C@H](NC(=O)c1cc2ccccc2[nH]1)C(=O)N1C[C@@H]2C[C@H]1CN2C(=O)c1ccc(C(F)(F)F)cn1. The lowest BCUT2D eigenvalue weighted by molar-refractivity contribution is -0.138. The number of fused-ring (bicyclic) bond motifs is 3. The first-order chi connectivity index (χ1) is 17.8. The van der Waals surface area contributed by atoms with E-state index in [1.165, 1.54) is 0 Å². The number of carbonyl (C=O) groups is 3. The molecule has 2 aliphatic rings. The summed E-state index contributed by atoms with van der Waals surface area (Å²) in [6.45, 7) is 6.17. The zero-order valence-electron chi connectivity index (χ0n) is 21.2. The topological polar surface area (TPSA) is 98.4 Å². The van der Waals surface area contributed by atoms with Crippen LogP contribution in [0.3, 0.4) is 0 Å². The molecule has 2 aromatic heterocycles. The lowest BCUT2D eigenvalue weighted by Crippen LogP contribution is -2.59. The lowest BCUT2D eigenvalue weighted by atomic mass is 9.85. The summed E-state index contributed by atoms with van der Waals surface area (Å²) in [4.78, 5) is 49.8. The van der Waals surface area contributed by atoms with E-state index in [1.807, 2.05) is 45.0 Å². The van der Waals surface area contributed by atoms with Gasteiger partial charge in [0.05, 0.1) is 17.6 Å². The average molecular weight is 528 g/mol. The molecule has 0 unspecified atom stereocenters. The molecular weight excluding hydrogens is 499 g/mol. The number of carbonyl (C=O) groups excluding carboxylic acids is 3. The number of likely N-dealkylation sites (tertiary alicyclic amines) is 2. The quantitative estimate of drug-likeness (QED) is 0.539. The molecule has 3 amide bonds. The predicted octanol–water partition coefficient (Wildman–Crippen LogP) is 3.85. The first-order valence-corrected chi connectivity index (χ1v) is 12.4. The Labute approximate surface area is 217 Å². The summed E-state index contributed by atoms with van der Waals surface area (Å²) < 4.78 is 38.5. The van der Waals surface area contributed by atoms with E-state index in [0.717, 1.165) is 23.0 Å². The van der Waals surface area contributed by atoms with Crippen LogP contribution in [0.1, 0.15) is 53.7 Å². The van der Waals surface area contributed by atoms with Gasteiger partial charge in [-0.3, -0.25) is 19.4 Å². The summed E-state index contributed by atoms with van der Waals surface area (Å²) in [5.41, 5.74) is -0.393. The van der Waals surface area contributed by atoms with Crippen LogP contribution in [0, 0.1) is 5.41 Å². The molecule has 0 spiro atoms. The Bertz CT molecular complexity index is 1360. The van der Waals surface area contributed by atoms with Gasteiger partial charge in [-0.2, -0.15) is 13.2 Å². The number of rotatable bonds is 4. The Morgan fingerprint density at radius 1 is 1.03 bits per heavy atom. The molecule has 2 saturated heterocycles. The number of aromatic amines is 1. The first kappa shape index (κ1) is 25.7. The average Bonchev–Trinajstić information content (AvgIpc) is 3.59. The van der Waals surface area contributed by atoms with Gasteiger partial charge in [-0.15, -0.1) is 0 Å². The van der Waals surface area contributed by atoms with Gasteiger partial charge in [0.2, 0.25) is 5.91 Å². The first-order valence-electron chi connectivity index (χ1n) is 12.4. The minimum Gasteiger partial charge on any atom is -0.351 e. The van der Waals surface area contributed by atoms with Crippen molar-refractivity contribution < 1.29 is 27.6 Å². The van der Waals surface area contributed by atoms with Gasteiger partial charge in [-0.25, -0.2) is 0 Å². The number of H-pyrrole nitrogens is 1. The number of piperazine rings is 1. The molecule has 38 heavy (non-hydrogen) atoms. The van der Waals surface area contributed by atoms with Crippen molar-refractivity contribution in [1.82, 2.24) is 25.1 Å². The summed E-state index contributed by atoms with van der Waals surface area (Å²) in [6, 6.07) is 9.84. The molecule has 5 rings (SSSR count). The number of para-hydroxylation sites is 1. The summed E-state index contributed by atoms with van der Waals surface area (Å²) in [5, 5.41) is 3.79. The monoisotopic (exact) mass is 527 g/mol. The van der Waals surface area contributed by atoms with Gasteiger partial charge in [0.15, 0.2) is 0 Å². The Morgan fingerprint density at radius 3 is 2.29 bits per heavy atom. The van der Waals surface area contributed by atoms with Crippen molar-refractivity contribution in [2.45, 2.75) is 51.5 Å². The molecular formula is C27H28F3N5O3. The van der Waals surface area contributed by atoms with Crippen LogP contribution >= 0.6 is 0 Å². The molecule has 3 aromatic rings. The summed E-state index contributed by atoms with van der Waals surface area (Å²) in [6.07, 6.45) is -3.32. The molecule has 2 aliphatic heterocycles. The maximum absolute atomic E-state index is 13.7. The third kappa shape index (κ3) is 4.72. The second-order valence-corrected chi connectivity index (χ2v) is 11.0. The van der Waals surface area contributed by atoms with Gasteiger partial charge in [0, 0.05) is 30.2 Å². The number of hydrogen-bond donors (Lipinski definition) is 2. The van der Waals surface area contributed by atoms with Gasteiger partial charge in [0.1, 0.15) is 17.4 Å². The second-order valence-electron chi connectivity index (χ2n) is 11.0. The molecule has 0 radical (unpaired) electrons. The number of nitrogens with one attached hydrogen (secondary N) is 2. The fraction of sp³-hybridized carbons (Fsp3) is 0.407. The normalized spacial score (nSPS) is 20.2.